The first-order chi connectivity index (χ1) is 11.0. The molecule has 2 aliphatic rings. The first-order valence-electron chi connectivity index (χ1n) is 9.98. The molecule has 0 aliphatic heterocycles. The van der Waals surface area contributed by atoms with Crippen LogP contribution in [0.2, 0.25) is 0 Å². The van der Waals surface area contributed by atoms with E-state index in [1.165, 1.54) is 38.5 Å². The molecule has 2 saturated carbocycles. The lowest BCUT2D eigenvalue weighted by Crippen LogP contribution is -2.53. The van der Waals surface area contributed by atoms with E-state index in [9.17, 15) is 0 Å². The van der Waals surface area contributed by atoms with Gasteiger partial charge in [0.1, 0.15) is 0 Å². The largest absolute Gasteiger partial charge is 0.383 e. The van der Waals surface area contributed by atoms with Crippen molar-refractivity contribution in [1.29, 1.82) is 0 Å². The van der Waals surface area contributed by atoms with Crippen molar-refractivity contribution >= 4 is 0 Å². The van der Waals surface area contributed by atoms with E-state index >= 15 is 0 Å². The lowest BCUT2D eigenvalue weighted by molar-refractivity contribution is 0.114. The fourth-order valence-corrected chi connectivity index (χ4v) is 4.34. The summed E-state index contributed by atoms with van der Waals surface area (Å²) < 4.78 is 5.43. The molecule has 2 rings (SSSR count). The third-order valence-corrected chi connectivity index (χ3v) is 6.32. The van der Waals surface area contributed by atoms with Crippen molar-refractivity contribution in [3.63, 3.8) is 0 Å². The van der Waals surface area contributed by atoms with Crippen LogP contribution >= 0.6 is 0 Å². The van der Waals surface area contributed by atoms with E-state index in [2.05, 4.69) is 38.3 Å². The molecule has 0 aromatic heterocycles. The highest BCUT2D eigenvalue weighted by molar-refractivity contribution is 4.90. The Morgan fingerprint density at radius 2 is 1.48 bits per heavy atom. The Morgan fingerprint density at radius 1 is 0.870 bits per heavy atom. The maximum atomic E-state index is 5.43. The molecule has 2 aliphatic carbocycles. The molecule has 0 spiro atoms. The topological polar surface area (TPSA) is 33.3 Å². The van der Waals surface area contributed by atoms with Crippen LogP contribution in [0.1, 0.15) is 66.2 Å². The molecule has 23 heavy (non-hydrogen) atoms. The van der Waals surface area contributed by atoms with Crippen LogP contribution < -0.4 is 10.6 Å². The summed E-state index contributed by atoms with van der Waals surface area (Å²) in [6.07, 6.45) is 8.18. The highest BCUT2D eigenvalue weighted by Crippen LogP contribution is 2.34. The Bertz CT molecular complexity index is 318. The summed E-state index contributed by atoms with van der Waals surface area (Å²) in [6.45, 7) is 11.3. The molecular formula is C20H40N2O. The summed E-state index contributed by atoms with van der Waals surface area (Å²) in [5, 5.41) is 7.63. The standard InChI is InChI=1S/C20H40N2O/c1-14(2)16-6-8-18(9-7-16)21-12-20(13-23-5)22-19-10-17(11-19)15(3)4/h14-22H,6-13H2,1-5H3/t16?,17?,18?,19?,20-/m1/s1. The summed E-state index contributed by atoms with van der Waals surface area (Å²) >= 11 is 0. The number of hydrogen-bond acceptors (Lipinski definition) is 3. The normalized spacial score (nSPS) is 33.0. The van der Waals surface area contributed by atoms with Gasteiger partial charge < -0.3 is 15.4 Å². The van der Waals surface area contributed by atoms with Crippen LogP contribution in [-0.2, 0) is 4.74 Å². The summed E-state index contributed by atoms with van der Waals surface area (Å²) in [4.78, 5) is 0. The van der Waals surface area contributed by atoms with Crippen LogP contribution in [0.5, 0.6) is 0 Å². The SMILES string of the molecule is COC[C@@H](CNC1CCC(C(C)C)CC1)NC1CC(C(C)C)C1. The van der Waals surface area contributed by atoms with E-state index < -0.39 is 0 Å². The number of nitrogens with one attached hydrogen (secondary N) is 2. The zero-order chi connectivity index (χ0) is 16.8. The zero-order valence-electron chi connectivity index (χ0n) is 16.1. The molecule has 0 saturated heterocycles. The lowest BCUT2D eigenvalue weighted by atomic mass is 9.73. The number of hydrogen-bond donors (Lipinski definition) is 2. The Morgan fingerprint density at radius 3 is 2.00 bits per heavy atom. The Hall–Kier alpha value is -0.120. The van der Waals surface area contributed by atoms with Gasteiger partial charge in [0.05, 0.1) is 6.61 Å². The van der Waals surface area contributed by atoms with Crippen LogP contribution in [0.25, 0.3) is 0 Å². The van der Waals surface area contributed by atoms with Gasteiger partial charge in [0.15, 0.2) is 0 Å². The number of ether oxygens (including phenoxy) is 1. The van der Waals surface area contributed by atoms with Crippen LogP contribution in [0, 0.1) is 23.7 Å². The molecule has 0 amide bonds. The Labute approximate surface area is 144 Å². The average molecular weight is 325 g/mol. The highest BCUT2D eigenvalue weighted by Gasteiger charge is 2.32. The average Bonchev–Trinajstić information content (AvgIpc) is 2.47. The van der Waals surface area contributed by atoms with Crippen LogP contribution in [0.3, 0.4) is 0 Å². The first kappa shape index (κ1) is 19.2. The molecule has 0 unspecified atom stereocenters. The predicted molar refractivity (Wildman–Crippen MR) is 98.7 cm³/mol. The molecule has 3 nitrogen and oxygen atoms in total. The number of methoxy groups -OCH3 is 1. The van der Waals surface area contributed by atoms with Crippen LogP contribution in [0.15, 0.2) is 0 Å². The maximum Gasteiger partial charge on any atom is 0.0628 e. The second-order valence-corrected chi connectivity index (χ2v) is 8.76. The molecule has 2 fully saturated rings. The molecule has 0 radical (unpaired) electrons. The van der Waals surface area contributed by atoms with Gasteiger partial charge in [-0.15, -0.1) is 0 Å². The van der Waals surface area contributed by atoms with E-state index in [-0.39, 0.29) is 0 Å². The van der Waals surface area contributed by atoms with Crippen molar-refractivity contribution in [3.8, 4) is 0 Å². The van der Waals surface area contributed by atoms with Gasteiger partial charge in [0.25, 0.3) is 0 Å². The second kappa shape index (κ2) is 9.39. The molecular weight excluding hydrogens is 284 g/mol. The van der Waals surface area contributed by atoms with Gasteiger partial charge in [-0.05, 0) is 62.2 Å². The summed E-state index contributed by atoms with van der Waals surface area (Å²) in [6, 6.07) is 1.89. The van der Waals surface area contributed by atoms with Gasteiger partial charge in [-0.1, -0.05) is 27.7 Å². The van der Waals surface area contributed by atoms with Gasteiger partial charge >= 0.3 is 0 Å². The molecule has 2 N–H and O–H groups in total. The van der Waals surface area contributed by atoms with E-state index in [1.54, 1.807) is 0 Å². The maximum absolute atomic E-state index is 5.43. The molecule has 1 atom stereocenters. The van der Waals surface area contributed by atoms with Crippen molar-refractivity contribution in [1.82, 2.24) is 10.6 Å². The second-order valence-electron chi connectivity index (χ2n) is 8.76. The van der Waals surface area contributed by atoms with Crippen LogP contribution in [-0.4, -0.2) is 38.4 Å². The third-order valence-electron chi connectivity index (χ3n) is 6.32. The van der Waals surface area contributed by atoms with E-state index in [4.69, 9.17) is 4.74 Å². The van der Waals surface area contributed by atoms with Crippen molar-refractivity contribution < 1.29 is 4.74 Å². The van der Waals surface area contributed by atoms with Crippen molar-refractivity contribution in [2.24, 2.45) is 23.7 Å². The molecule has 0 heterocycles. The summed E-state index contributed by atoms with van der Waals surface area (Å²) in [7, 11) is 1.82. The molecule has 0 bridgehead atoms. The van der Waals surface area contributed by atoms with Crippen molar-refractivity contribution in [2.75, 3.05) is 20.3 Å². The fraction of sp³-hybridized carbons (Fsp3) is 1.00. The fourth-order valence-electron chi connectivity index (χ4n) is 4.34. The molecule has 3 heteroatoms. The monoisotopic (exact) mass is 324 g/mol. The van der Waals surface area contributed by atoms with Gasteiger partial charge in [0.2, 0.25) is 0 Å². The van der Waals surface area contributed by atoms with Crippen molar-refractivity contribution in [2.45, 2.75) is 84.3 Å². The Kier molecular flexibility index (Phi) is 7.84. The smallest absolute Gasteiger partial charge is 0.0628 e. The van der Waals surface area contributed by atoms with E-state index in [0.29, 0.717) is 12.1 Å². The number of rotatable bonds is 9. The van der Waals surface area contributed by atoms with Crippen LogP contribution in [0.4, 0.5) is 0 Å². The zero-order valence-corrected chi connectivity index (χ0v) is 16.1. The highest BCUT2D eigenvalue weighted by atomic mass is 16.5. The third kappa shape index (κ3) is 6.03. The van der Waals surface area contributed by atoms with Crippen molar-refractivity contribution in [3.05, 3.63) is 0 Å². The summed E-state index contributed by atoms with van der Waals surface area (Å²) in [5.41, 5.74) is 0. The van der Waals surface area contributed by atoms with E-state index in [1.807, 2.05) is 7.11 Å². The minimum atomic E-state index is 0.459. The first-order valence-corrected chi connectivity index (χ1v) is 9.98. The molecule has 0 aromatic carbocycles. The van der Waals surface area contributed by atoms with Gasteiger partial charge in [-0.25, -0.2) is 0 Å². The van der Waals surface area contributed by atoms with Gasteiger partial charge in [-0.3, -0.25) is 0 Å². The molecule has 0 aromatic rings. The minimum absolute atomic E-state index is 0.459. The Balaban J connectivity index is 1.65. The minimum Gasteiger partial charge on any atom is -0.383 e. The van der Waals surface area contributed by atoms with E-state index in [0.717, 1.165) is 42.9 Å². The molecule has 136 valence electrons. The summed E-state index contributed by atoms with van der Waals surface area (Å²) in [5.74, 6) is 3.56. The lowest BCUT2D eigenvalue weighted by Gasteiger charge is -2.41. The predicted octanol–water partition coefficient (Wildman–Crippen LogP) is 3.83. The van der Waals surface area contributed by atoms with Gasteiger partial charge in [0, 0.05) is 31.8 Å². The van der Waals surface area contributed by atoms with Gasteiger partial charge in [-0.2, -0.15) is 0 Å². The quantitative estimate of drug-likeness (QED) is 0.676.